The smallest absolute Gasteiger partial charge is 0.0812 e. The Kier molecular flexibility index (Phi) is 3.40. The molecule has 112 valence electrons. The van der Waals surface area contributed by atoms with Gasteiger partial charge in [0.2, 0.25) is 0 Å². The van der Waals surface area contributed by atoms with E-state index in [1.807, 2.05) is 12.4 Å². The third-order valence-electron chi connectivity index (χ3n) is 4.68. The minimum atomic E-state index is -0.335. The van der Waals surface area contributed by atoms with Crippen LogP contribution in [0.1, 0.15) is 54.5 Å². The van der Waals surface area contributed by atoms with Crippen molar-refractivity contribution in [3.05, 3.63) is 52.6 Å². The maximum Gasteiger partial charge on any atom is 0.0812 e. The molecule has 0 saturated carbocycles. The lowest BCUT2D eigenvalue weighted by Crippen LogP contribution is -2.27. The number of aliphatic hydroxyl groups excluding tert-OH is 1. The summed E-state index contributed by atoms with van der Waals surface area (Å²) >= 11 is 0. The topological polar surface area (TPSA) is 38.0 Å². The second-order valence-corrected chi connectivity index (χ2v) is 7.14. The summed E-state index contributed by atoms with van der Waals surface area (Å²) in [5.74, 6) is 0. The quantitative estimate of drug-likeness (QED) is 0.915. The fourth-order valence-electron chi connectivity index (χ4n) is 3.45. The van der Waals surface area contributed by atoms with E-state index < -0.39 is 0 Å². The normalized spacial score (nSPS) is 20.3. The Morgan fingerprint density at radius 3 is 2.86 bits per heavy atom. The maximum absolute atomic E-state index is 10.4. The van der Waals surface area contributed by atoms with Gasteiger partial charge in [-0.15, -0.1) is 0 Å². The second kappa shape index (κ2) is 4.99. The van der Waals surface area contributed by atoms with Crippen LogP contribution in [0.4, 0.5) is 0 Å². The van der Waals surface area contributed by atoms with E-state index in [0.29, 0.717) is 0 Å². The van der Waals surface area contributed by atoms with Crippen molar-refractivity contribution in [1.29, 1.82) is 0 Å². The number of pyridine rings is 1. The molecule has 0 radical (unpaired) electrons. The predicted molar refractivity (Wildman–Crippen MR) is 84.3 cm³/mol. The summed E-state index contributed by atoms with van der Waals surface area (Å²) in [5.41, 5.74) is 6.30. The molecule has 1 N–H and O–H groups in total. The van der Waals surface area contributed by atoms with E-state index in [9.17, 15) is 5.11 Å². The number of aromatic nitrogens is 2. The van der Waals surface area contributed by atoms with Crippen molar-refractivity contribution in [2.45, 2.75) is 53.2 Å². The molecule has 2 aromatic rings. The standard InChI is InChI=1S/C18H24N2O/c1-12-5-6-19-10-14(12)11-20-13(2)7-15-16(20)8-18(3,4)9-17(15)21/h5-7,10,17,21H,8-9,11H2,1-4H3. The molecule has 1 aliphatic carbocycles. The van der Waals surface area contributed by atoms with Crippen LogP contribution in [0.15, 0.2) is 24.5 Å². The molecule has 0 aliphatic heterocycles. The van der Waals surface area contributed by atoms with Gasteiger partial charge in [-0.25, -0.2) is 0 Å². The fraction of sp³-hybridized carbons (Fsp3) is 0.500. The van der Waals surface area contributed by atoms with E-state index in [4.69, 9.17) is 0 Å². The van der Waals surface area contributed by atoms with Crippen LogP contribution < -0.4 is 0 Å². The lowest BCUT2D eigenvalue weighted by molar-refractivity contribution is 0.0981. The largest absolute Gasteiger partial charge is 0.388 e. The van der Waals surface area contributed by atoms with Crippen molar-refractivity contribution in [3.63, 3.8) is 0 Å². The highest BCUT2D eigenvalue weighted by molar-refractivity contribution is 5.35. The number of aryl methyl sites for hydroxylation is 2. The Bertz CT molecular complexity index is 670. The van der Waals surface area contributed by atoms with E-state index in [1.54, 1.807) is 0 Å². The second-order valence-electron chi connectivity index (χ2n) is 7.14. The highest BCUT2D eigenvalue weighted by Gasteiger charge is 2.34. The first-order valence-electron chi connectivity index (χ1n) is 7.64. The molecule has 0 fully saturated rings. The van der Waals surface area contributed by atoms with E-state index in [0.717, 1.165) is 24.9 Å². The van der Waals surface area contributed by atoms with Gasteiger partial charge >= 0.3 is 0 Å². The Morgan fingerprint density at radius 2 is 2.14 bits per heavy atom. The van der Waals surface area contributed by atoms with Crippen LogP contribution in [0, 0.1) is 19.3 Å². The summed E-state index contributed by atoms with van der Waals surface area (Å²) in [6, 6.07) is 4.21. The van der Waals surface area contributed by atoms with Gasteiger partial charge in [0.25, 0.3) is 0 Å². The highest BCUT2D eigenvalue weighted by atomic mass is 16.3. The molecular weight excluding hydrogens is 260 g/mol. The Hall–Kier alpha value is -1.61. The van der Waals surface area contributed by atoms with E-state index >= 15 is 0 Å². The number of rotatable bonds is 2. The third-order valence-corrected chi connectivity index (χ3v) is 4.68. The molecule has 2 aromatic heterocycles. The summed E-state index contributed by atoms with van der Waals surface area (Å²) in [7, 11) is 0. The van der Waals surface area contributed by atoms with Crippen LogP contribution in [-0.2, 0) is 13.0 Å². The summed E-state index contributed by atoms with van der Waals surface area (Å²) in [6.07, 6.45) is 5.32. The number of nitrogens with zero attached hydrogens (tertiary/aromatic N) is 2. The predicted octanol–water partition coefficient (Wildman–Crippen LogP) is 3.55. The molecule has 0 spiro atoms. The lowest BCUT2D eigenvalue weighted by Gasteiger charge is -2.34. The summed E-state index contributed by atoms with van der Waals surface area (Å²) in [5, 5.41) is 10.4. The average molecular weight is 284 g/mol. The lowest BCUT2D eigenvalue weighted by atomic mass is 9.75. The maximum atomic E-state index is 10.4. The van der Waals surface area contributed by atoms with E-state index in [-0.39, 0.29) is 11.5 Å². The Balaban J connectivity index is 2.03. The van der Waals surface area contributed by atoms with Gasteiger partial charge < -0.3 is 9.67 Å². The van der Waals surface area contributed by atoms with Gasteiger partial charge in [-0.1, -0.05) is 13.8 Å². The Morgan fingerprint density at radius 1 is 1.38 bits per heavy atom. The number of aliphatic hydroxyl groups is 1. The molecule has 3 rings (SSSR count). The molecular formula is C18H24N2O. The van der Waals surface area contributed by atoms with Gasteiger partial charge in [-0.3, -0.25) is 4.98 Å². The van der Waals surface area contributed by atoms with Crippen LogP contribution >= 0.6 is 0 Å². The first-order chi connectivity index (χ1) is 9.87. The van der Waals surface area contributed by atoms with Crippen molar-refractivity contribution >= 4 is 0 Å². The molecule has 1 atom stereocenters. The number of hydrogen-bond donors (Lipinski definition) is 1. The molecule has 0 aromatic carbocycles. The van der Waals surface area contributed by atoms with E-state index in [2.05, 4.69) is 49.4 Å². The summed E-state index contributed by atoms with van der Waals surface area (Å²) in [4.78, 5) is 4.25. The minimum Gasteiger partial charge on any atom is -0.388 e. The average Bonchev–Trinajstić information content (AvgIpc) is 2.69. The van der Waals surface area contributed by atoms with Gasteiger partial charge in [-0.05, 0) is 55.4 Å². The molecule has 3 heteroatoms. The highest BCUT2D eigenvalue weighted by Crippen LogP contribution is 2.42. The monoisotopic (exact) mass is 284 g/mol. The molecule has 3 nitrogen and oxygen atoms in total. The van der Waals surface area contributed by atoms with Crippen molar-refractivity contribution in [2.24, 2.45) is 5.41 Å². The summed E-state index contributed by atoms with van der Waals surface area (Å²) in [6.45, 7) is 9.57. The molecule has 21 heavy (non-hydrogen) atoms. The van der Waals surface area contributed by atoms with Gasteiger partial charge in [0.1, 0.15) is 0 Å². The van der Waals surface area contributed by atoms with Gasteiger partial charge in [0, 0.05) is 35.9 Å². The van der Waals surface area contributed by atoms with Crippen LogP contribution in [0.2, 0.25) is 0 Å². The van der Waals surface area contributed by atoms with Crippen LogP contribution in [-0.4, -0.2) is 14.7 Å². The molecule has 1 unspecified atom stereocenters. The number of fused-ring (bicyclic) bond motifs is 1. The summed E-state index contributed by atoms with van der Waals surface area (Å²) < 4.78 is 2.35. The first kappa shape index (κ1) is 14.3. The SMILES string of the molecule is Cc1ccncc1Cn1c(C)cc2c1CC(C)(C)CC2O. The molecule has 1 aliphatic rings. The van der Waals surface area contributed by atoms with E-state index in [1.165, 1.54) is 22.5 Å². The first-order valence-corrected chi connectivity index (χ1v) is 7.64. The van der Waals surface area contributed by atoms with Crippen LogP contribution in [0.25, 0.3) is 0 Å². The van der Waals surface area contributed by atoms with Crippen molar-refractivity contribution in [3.8, 4) is 0 Å². The minimum absolute atomic E-state index is 0.152. The van der Waals surface area contributed by atoms with Crippen molar-refractivity contribution in [2.75, 3.05) is 0 Å². The number of hydrogen-bond acceptors (Lipinski definition) is 2. The van der Waals surface area contributed by atoms with Crippen LogP contribution in [0.3, 0.4) is 0 Å². The zero-order valence-corrected chi connectivity index (χ0v) is 13.3. The third kappa shape index (κ3) is 2.62. The van der Waals surface area contributed by atoms with Gasteiger partial charge in [0.15, 0.2) is 0 Å². The van der Waals surface area contributed by atoms with Gasteiger partial charge in [0.05, 0.1) is 6.10 Å². The van der Waals surface area contributed by atoms with Crippen LogP contribution in [0.5, 0.6) is 0 Å². The molecule has 0 bridgehead atoms. The van der Waals surface area contributed by atoms with Gasteiger partial charge in [-0.2, -0.15) is 0 Å². The zero-order chi connectivity index (χ0) is 15.2. The zero-order valence-electron chi connectivity index (χ0n) is 13.3. The molecule has 0 saturated heterocycles. The fourth-order valence-corrected chi connectivity index (χ4v) is 3.45. The molecule has 0 amide bonds. The van der Waals surface area contributed by atoms with Crippen molar-refractivity contribution < 1.29 is 5.11 Å². The van der Waals surface area contributed by atoms with Crippen molar-refractivity contribution in [1.82, 2.24) is 9.55 Å². The molecule has 2 heterocycles. The Labute approximate surface area is 126 Å².